The molecule has 1 aromatic rings. The van der Waals surface area contributed by atoms with Crippen LogP contribution in [0.3, 0.4) is 0 Å². The van der Waals surface area contributed by atoms with Gasteiger partial charge in [-0.3, -0.25) is 14.4 Å². The van der Waals surface area contributed by atoms with Gasteiger partial charge in [0.25, 0.3) is 5.91 Å². The van der Waals surface area contributed by atoms with Gasteiger partial charge in [-0.05, 0) is 37.2 Å². The lowest BCUT2D eigenvalue weighted by Crippen LogP contribution is -2.55. The predicted octanol–water partition coefficient (Wildman–Crippen LogP) is 1.82. The molecule has 3 rings (SSSR count). The Hall–Kier alpha value is -2.15. The van der Waals surface area contributed by atoms with Crippen molar-refractivity contribution in [3.63, 3.8) is 0 Å². The number of ether oxygens (including phenoxy) is 1. The van der Waals surface area contributed by atoms with Crippen LogP contribution in [0.4, 0.5) is 0 Å². The molecule has 7 nitrogen and oxygen atoms in total. The molecule has 1 aromatic heterocycles. The summed E-state index contributed by atoms with van der Waals surface area (Å²) >= 11 is 0. The summed E-state index contributed by atoms with van der Waals surface area (Å²) in [6.07, 6.45) is 6.82. The fraction of sp³-hybridized carbons (Fsp3) is 0.632. The summed E-state index contributed by atoms with van der Waals surface area (Å²) in [7, 11) is 0. The van der Waals surface area contributed by atoms with Gasteiger partial charge in [0.2, 0.25) is 5.91 Å². The van der Waals surface area contributed by atoms with Crippen molar-refractivity contribution in [2.75, 3.05) is 6.61 Å². The van der Waals surface area contributed by atoms with Crippen LogP contribution in [0.25, 0.3) is 0 Å². The molecule has 0 aromatic carbocycles. The Bertz CT molecular complexity index is 665. The Morgan fingerprint density at radius 2 is 2.15 bits per heavy atom. The summed E-state index contributed by atoms with van der Waals surface area (Å²) in [5, 5.41) is 5.60. The maximum atomic E-state index is 12.9. The summed E-state index contributed by atoms with van der Waals surface area (Å²) in [6, 6.07) is 0.209. The lowest BCUT2D eigenvalue weighted by molar-refractivity contribution is -0.128. The summed E-state index contributed by atoms with van der Waals surface area (Å²) < 4.78 is 10.4. The molecule has 7 heteroatoms. The van der Waals surface area contributed by atoms with Crippen LogP contribution >= 0.6 is 0 Å². The molecule has 142 valence electrons. The molecule has 0 radical (unpaired) electrons. The topological polar surface area (TPSA) is 97.6 Å². The minimum Gasteiger partial charge on any atom is -0.472 e. The second-order valence-electron chi connectivity index (χ2n) is 7.62. The molecule has 1 saturated heterocycles. The van der Waals surface area contributed by atoms with Gasteiger partial charge in [-0.25, -0.2) is 0 Å². The summed E-state index contributed by atoms with van der Waals surface area (Å²) in [4.78, 5) is 37.3. The lowest BCUT2D eigenvalue weighted by Gasteiger charge is -2.40. The molecule has 0 unspecified atom stereocenters. The Morgan fingerprint density at radius 1 is 1.38 bits per heavy atom. The molecular formula is C19H26N2O5. The zero-order valence-electron chi connectivity index (χ0n) is 15.2. The van der Waals surface area contributed by atoms with E-state index in [4.69, 9.17) is 9.15 Å². The lowest BCUT2D eigenvalue weighted by atomic mass is 9.67. The fourth-order valence-corrected chi connectivity index (χ4v) is 3.69. The largest absolute Gasteiger partial charge is 0.472 e. The van der Waals surface area contributed by atoms with Gasteiger partial charge < -0.3 is 19.8 Å². The highest BCUT2D eigenvalue weighted by atomic mass is 16.5. The van der Waals surface area contributed by atoms with Crippen LogP contribution in [-0.2, 0) is 14.3 Å². The van der Waals surface area contributed by atoms with Crippen LogP contribution in [0.2, 0.25) is 0 Å². The zero-order valence-corrected chi connectivity index (χ0v) is 15.2. The van der Waals surface area contributed by atoms with Gasteiger partial charge in [0.05, 0.1) is 17.9 Å². The molecular weight excluding hydrogens is 336 g/mol. The van der Waals surface area contributed by atoms with Crippen molar-refractivity contribution in [2.45, 2.75) is 64.1 Å². The normalized spacial score (nSPS) is 25.4. The van der Waals surface area contributed by atoms with Crippen molar-refractivity contribution < 1.29 is 23.5 Å². The Labute approximate surface area is 152 Å². The molecule has 2 amide bonds. The number of rotatable bonds is 7. The monoisotopic (exact) mass is 362 g/mol. The van der Waals surface area contributed by atoms with Crippen molar-refractivity contribution in [3.8, 4) is 0 Å². The third-order valence-corrected chi connectivity index (χ3v) is 5.52. The molecule has 2 heterocycles. The number of Topliss-reactive ketones (excluding diaryl/α,β-unsaturated/α-hetero) is 1. The number of carbonyl (C=O) groups excluding carboxylic acids is 3. The van der Waals surface area contributed by atoms with Gasteiger partial charge in [-0.15, -0.1) is 0 Å². The average molecular weight is 362 g/mol. The zero-order chi connectivity index (χ0) is 18.7. The van der Waals surface area contributed by atoms with Crippen molar-refractivity contribution >= 4 is 17.6 Å². The van der Waals surface area contributed by atoms with Crippen LogP contribution in [0.5, 0.6) is 0 Å². The third kappa shape index (κ3) is 3.98. The number of ketones is 1. The molecule has 1 aliphatic heterocycles. The highest BCUT2D eigenvalue weighted by Crippen LogP contribution is 2.44. The number of furan rings is 1. The number of hydrogen-bond donors (Lipinski definition) is 2. The molecule has 1 saturated carbocycles. The van der Waals surface area contributed by atoms with E-state index in [0.29, 0.717) is 18.4 Å². The van der Waals surface area contributed by atoms with E-state index in [1.807, 2.05) is 6.92 Å². The highest BCUT2D eigenvalue weighted by molar-refractivity contribution is 5.98. The van der Waals surface area contributed by atoms with E-state index < -0.39 is 12.1 Å². The van der Waals surface area contributed by atoms with Crippen LogP contribution in [0, 0.1) is 5.41 Å². The second-order valence-corrected chi connectivity index (χ2v) is 7.62. The van der Waals surface area contributed by atoms with E-state index >= 15 is 0 Å². The molecule has 0 spiro atoms. The van der Waals surface area contributed by atoms with E-state index in [1.54, 1.807) is 6.07 Å². The fourth-order valence-electron chi connectivity index (χ4n) is 3.69. The Morgan fingerprint density at radius 3 is 2.73 bits per heavy atom. The van der Waals surface area contributed by atoms with Gasteiger partial charge in [0, 0.05) is 0 Å². The maximum Gasteiger partial charge on any atom is 0.255 e. The highest BCUT2D eigenvalue weighted by Gasteiger charge is 2.40. The van der Waals surface area contributed by atoms with Gasteiger partial charge in [-0.1, -0.05) is 20.3 Å². The first-order valence-corrected chi connectivity index (χ1v) is 9.19. The molecule has 0 bridgehead atoms. The maximum absolute atomic E-state index is 12.9. The number of amides is 2. The van der Waals surface area contributed by atoms with E-state index in [-0.39, 0.29) is 35.7 Å². The molecule has 2 fully saturated rings. The van der Waals surface area contributed by atoms with Crippen molar-refractivity contribution in [1.29, 1.82) is 0 Å². The summed E-state index contributed by atoms with van der Waals surface area (Å²) in [5.74, 6) is -0.819. The van der Waals surface area contributed by atoms with Crippen LogP contribution < -0.4 is 10.6 Å². The van der Waals surface area contributed by atoms with Crippen LogP contribution in [-0.4, -0.2) is 42.4 Å². The van der Waals surface area contributed by atoms with E-state index in [1.165, 1.54) is 12.5 Å². The van der Waals surface area contributed by atoms with E-state index in [9.17, 15) is 14.4 Å². The van der Waals surface area contributed by atoms with Crippen molar-refractivity contribution in [1.82, 2.24) is 10.6 Å². The van der Waals surface area contributed by atoms with E-state index in [0.717, 1.165) is 19.3 Å². The van der Waals surface area contributed by atoms with Gasteiger partial charge >= 0.3 is 0 Å². The minimum atomic E-state index is -0.700. The molecule has 3 atom stereocenters. The molecule has 1 aliphatic carbocycles. The number of hydrogen-bond acceptors (Lipinski definition) is 5. The predicted molar refractivity (Wildman–Crippen MR) is 93.5 cm³/mol. The van der Waals surface area contributed by atoms with Gasteiger partial charge in [0.15, 0.2) is 5.78 Å². The Balaban J connectivity index is 1.70. The van der Waals surface area contributed by atoms with Crippen molar-refractivity contribution in [2.24, 2.45) is 5.41 Å². The number of carbonyl (C=O) groups is 3. The third-order valence-electron chi connectivity index (χ3n) is 5.52. The second kappa shape index (κ2) is 7.61. The molecule has 2 N–H and O–H groups in total. The SMILES string of the molecule is CC[C@@H]1OCC(=O)[C@H]1NC(=O)[C@H](CC1(C)CCC1)NC(=O)c1ccoc1. The number of nitrogens with one attached hydrogen (secondary N) is 2. The Kier molecular flexibility index (Phi) is 5.46. The van der Waals surface area contributed by atoms with Crippen molar-refractivity contribution in [3.05, 3.63) is 24.2 Å². The first kappa shape index (κ1) is 18.6. The van der Waals surface area contributed by atoms with Crippen LogP contribution in [0.1, 0.15) is 56.3 Å². The van der Waals surface area contributed by atoms with E-state index in [2.05, 4.69) is 17.6 Å². The van der Waals surface area contributed by atoms with Crippen LogP contribution in [0.15, 0.2) is 23.0 Å². The smallest absolute Gasteiger partial charge is 0.255 e. The average Bonchev–Trinajstić information content (AvgIpc) is 3.23. The first-order valence-electron chi connectivity index (χ1n) is 9.19. The molecule has 2 aliphatic rings. The first-order chi connectivity index (χ1) is 12.4. The summed E-state index contributed by atoms with van der Waals surface area (Å²) in [6.45, 7) is 4.06. The van der Waals surface area contributed by atoms with Gasteiger partial charge in [0.1, 0.15) is 25.0 Å². The standard InChI is InChI=1S/C19H26N2O5/c1-3-15-16(14(22)11-26-15)21-18(24)13(9-19(2)6-4-7-19)20-17(23)12-5-8-25-10-12/h5,8,10,13,15-16H,3-4,6-7,9,11H2,1-2H3,(H,20,23)(H,21,24)/t13-,15-,16+/m0/s1. The summed E-state index contributed by atoms with van der Waals surface area (Å²) in [5.41, 5.74) is 0.403. The minimum absolute atomic E-state index is 0.0210. The quantitative estimate of drug-likeness (QED) is 0.771. The van der Waals surface area contributed by atoms with Gasteiger partial charge in [-0.2, -0.15) is 0 Å². The molecule has 26 heavy (non-hydrogen) atoms.